The zero-order valence-corrected chi connectivity index (χ0v) is 26.0. The minimum atomic E-state index is -1.53. The highest BCUT2D eigenvalue weighted by molar-refractivity contribution is 6.88. The lowest BCUT2D eigenvalue weighted by Crippen LogP contribution is -2.37. The van der Waals surface area contributed by atoms with Crippen molar-refractivity contribution in [1.29, 1.82) is 0 Å². The zero-order valence-electron chi connectivity index (χ0n) is 25.0. The van der Waals surface area contributed by atoms with Crippen molar-refractivity contribution < 1.29 is 4.42 Å². The molecule has 0 amide bonds. The average molecular weight is 542 g/mol. The molecule has 0 atom stereocenters. The van der Waals surface area contributed by atoms with Gasteiger partial charge in [0.2, 0.25) is 0 Å². The first-order chi connectivity index (χ1) is 19.0. The first kappa shape index (κ1) is 26.5. The molecule has 3 heteroatoms. The van der Waals surface area contributed by atoms with E-state index in [1.54, 1.807) is 0 Å². The Morgan fingerprint density at radius 1 is 0.675 bits per heavy atom. The monoisotopic (exact) mass is 541 g/mol. The van der Waals surface area contributed by atoms with Crippen LogP contribution in [-0.4, -0.2) is 13.1 Å². The third kappa shape index (κ3) is 4.47. The van der Waals surface area contributed by atoms with E-state index < -0.39 is 8.07 Å². The highest BCUT2D eigenvalue weighted by Gasteiger charge is 2.23. The second-order valence-corrected chi connectivity index (χ2v) is 18.0. The lowest BCUT2D eigenvalue weighted by molar-refractivity contribution is 0.669. The quantitative estimate of drug-likeness (QED) is 0.203. The van der Waals surface area contributed by atoms with Gasteiger partial charge in [0.25, 0.3) is 0 Å². The van der Waals surface area contributed by atoms with E-state index in [4.69, 9.17) is 9.40 Å². The third-order valence-electron chi connectivity index (χ3n) is 8.22. The molecule has 0 saturated carbocycles. The number of aryl methyl sites for hydroxylation is 1. The molecule has 0 saturated heterocycles. The summed E-state index contributed by atoms with van der Waals surface area (Å²) >= 11 is 0. The summed E-state index contributed by atoms with van der Waals surface area (Å²) in [6, 6.07) is 29.0. The van der Waals surface area contributed by atoms with E-state index in [2.05, 4.69) is 127 Å². The maximum absolute atomic E-state index is 6.50. The van der Waals surface area contributed by atoms with Crippen LogP contribution in [0.2, 0.25) is 19.6 Å². The number of aromatic nitrogens is 1. The Morgan fingerprint density at radius 2 is 1.38 bits per heavy atom. The molecule has 2 heterocycles. The average Bonchev–Trinajstić information content (AvgIpc) is 3.29. The van der Waals surface area contributed by atoms with Gasteiger partial charge in [0, 0.05) is 21.7 Å². The predicted molar refractivity (Wildman–Crippen MR) is 176 cm³/mol. The number of rotatable bonds is 5. The number of hydrogen-bond acceptors (Lipinski definition) is 2. The van der Waals surface area contributed by atoms with Crippen LogP contribution in [0.1, 0.15) is 56.2 Å². The van der Waals surface area contributed by atoms with Gasteiger partial charge in [-0.15, -0.1) is 0 Å². The van der Waals surface area contributed by atoms with E-state index >= 15 is 0 Å². The summed E-state index contributed by atoms with van der Waals surface area (Å²) in [5.41, 5.74) is 11.5. The van der Waals surface area contributed by atoms with Crippen molar-refractivity contribution in [2.24, 2.45) is 0 Å². The molecule has 6 rings (SSSR count). The van der Waals surface area contributed by atoms with Crippen LogP contribution in [-0.2, 0) is 0 Å². The van der Waals surface area contributed by atoms with E-state index in [1.807, 2.05) is 6.07 Å². The van der Waals surface area contributed by atoms with Gasteiger partial charge >= 0.3 is 0 Å². The van der Waals surface area contributed by atoms with E-state index in [1.165, 1.54) is 38.4 Å². The molecule has 0 aliphatic rings. The standard InChI is InChI=1S/C37H39NOSi/c1-22(2)26-13-11-14-27(23(3)4)36(26)30-21-34(38-33-17-16-25(20-29(30)33)40(6,7)8)32-19-24(5)18-31-28-12-9-10-15-35(28)39-37(31)32/h9-23H,1-8H3. The number of furan rings is 1. The molecule has 0 unspecified atom stereocenters. The van der Waals surface area contributed by atoms with Gasteiger partial charge in [-0.05, 0) is 76.9 Å². The molecule has 0 aliphatic carbocycles. The van der Waals surface area contributed by atoms with E-state index in [0.717, 1.165) is 38.7 Å². The van der Waals surface area contributed by atoms with Crippen LogP contribution in [0.15, 0.2) is 83.3 Å². The largest absolute Gasteiger partial charge is 0.455 e. The first-order valence-electron chi connectivity index (χ1n) is 14.5. The maximum atomic E-state index is 6.50. The molecular weight excluding hydrogens is 502 g/mol. The predicted octanol–water partition coefficient (Wildman–Crippen LogP) is 10.6. The van der Waals surface area contributed by atoms with Crippen molar-refractivity contribution in [3.05, 3.63) is 95.6 Å². The SMILES string of the molecule is Cc1cc(-c2cc(-c3c(C(C)C)cccc3C(C)C)c3cc([Si](C)(C)C)ccc3n2)c2oc3ccccc3c2c1. The third-order valence-corrected chi connectivity index (χ3v) is 10.3. The van der Waals surface area contributed by atoms with Crippen molar-refractivity contribution in [2.45, 2.75) is 66.1 Å². The van der Waals surface area contributed by atoms with Gasteiger partial charge in [-0.2, -0.15) is 0 Å². The topological polar surface area (TPSA) is 26.0 Å². The number of pyridine rings is 1. The zero-order chi connectivity index (χ0) is 28.3. The van der Waals surface area contributed by atoms with Crippen molar-refractivity contribution in [1.82, 2.24) is 4.98 Å². The fourth-order valence-corrected chi connectivity index (χ4v) is 7.22. The van der Waals surface area contributed by atoms with Gasteiger partial charge in [0.15, 0.2) is 0 Å². The van der Waals surface area contributed by atoms with Gasteiger partial charge in [-0.1, -0.05) is 101 Å². The second kappa shape index (κ2) is 9.74. The summed E-state index contributed by atoms with van der Waals surface area (Å²) in [7, 11) is -1.53. The van der Waals surface area contributed by atoms with Crippen molar-refractivity contribution in [3.8, 4) is 22.4 Å². The molecule has 2 nitrogen and oxygen atoms in total. The Kier molecular flexibility index (Phi) is 6.46. The summed E-state index contributed by atoms with van der Waals surface area (Å²) in [6.07, 6.45) is 0. The molecule has 0 bridgehead atoms. The van der Waals surface area contributed by atoms with Gasteiger partial charge in [-0.25, -0.2) is 4.98 Å². The molecule has 40 heavy (non-hydrogen) atoms. The van der Waals surface area contributed by atoms with Crippen LogP contribution in [0.5, 0.6) is 0 Å². The van der Waals surface area contributed by atoms with E-state index in [0.29, 0.717) is 11.8 Å². The van der Waals surface area contributed by atoms with Crippen LogP contribution in [0.3, 0.4) is 0 Å². The summed E-state index contributed by atoms with van der Waals surface area (Å²) in [5, 5.41) is 5.00. The summed E-state index contributed by atoms with van der Waals surface area (Å²) in [4.78, 5) is 5.32. The molecule has 0 radical (unpaired) electrons. The number of benzene rings is 4. The van der Waals surface area contributed by atoms with Gasteiger partial charge < -0.3 is 4.42 Å². The normalized spacial score (nSPS) is 12.4. The van der Waals surface area contributed by atoms with Gasteiger partial charge in [-0.3, -0.25) is 0 Å². The summed E-state index contributed by atoms with van der Waals surface area (Å²) in [5.74, 6) is 0.808. The number of fused-ring (bicyclic) bond motifs is 4. The Morgan fingerprint density at radius 3 is 2.05 bits per heavy atom. The summed E-state index contributed by atoms with van der Waals surface area (Å²) < 4.78 is 6.50. The highest BCUT2D eigenvalue weighted by atomic mass is 28.3. The van der Waals surface area contributed by atoms with Crippen LogP contribution in [0.25, 0.3) is 55.2 Å². The second-order valence-electron chi connectivity index (χ2n) is 12.9. The fourth-order valence-electron chi connectivity index (χ4n) is 6.06. The molecule has 0 aliphatic heterocycles. The number of hydrogen-bond donors (Lipinski definition) is 0. The molecule has 6 aromatic rings. The molecule has 0 fully saturated rings. The molecule has 2 aromatic heterocycles. The van der Waals surface area contributed by atoms with Crippen molar-refractivity contribution in [2.75, 3.05) is 0 Å². The minimum absolute atomic E-state index is 0.404. The Hall–Kier alpha value is -3.69. The molecule has 4 aromatic carbocycles. The van der Waals surface area contributed by atoms with Crippen molar-refractivity contribution >= 4 is 46.1 Å². The summed E-state index contributed by atoms with van der Waals surface area (Å²) in [6.45, 7) is 18.6. The molecular formula is C37H39NOSi. The minimum Gasteiger partial charge on any atom is -0.455 e. The Balaban J connectivity index is 1.75. The molecule has 0 N–H and O–H groups in total. The van der Waals surface area contributed by atoms with Crippen LogP contribution in [0.4, 0.5) is 0 Å². The fraction of sp³-hybridized carbons (Fsp3) is 0.270. The van der Waals surface area contributed by atoms with Crippen LogP contribution in [0, 0.1) is 6.92 Å². The first-order valence-corrected chi connectivity index (χ1v) is 18.0. The molecule has 202 valence electrons. The Labute approximate surface area is 239 Å². The smallest absolute Gasteiger partial charge is 0.144 e. The molecule has 0 spiro atoms. The lowest BCUT2D eigenvalue weighted by Gasteiger charge is -2.23. The van der Waals surface area contributed by atoms with Gasteiger partial charge in [0.1, 0.15) is 11.2 Å². The van der Waals surface area contributed by atoms with E-state index in [-0.39, 0.29) is 0 Å². The number of para-hydroxylation sites is 1. The van der Waals surface area contributed by atoms with E-state index in [9.17, 15) is 0 Å². The van der Waals surface area contributed by atoms with Crippen LogP contribution >= 0.6 is 0 Å². The maximum Gasteiger partial charge on any atom is 0.144 e. The lowest BCUT2D eigenvalue weighted by atomic mass is 9.83. The number of nitrogens with zero attached hydrogens (tertiary/aromatic N) is 1. The van der Waals surface area contributed by atoms with Crippen LogP contribution < -0.4 is 5.19 Å². The Bertz CT molecular complexity index is 1880. The highest BCUT2D eigenvalue weighted by Crippen LogP contribution is 2.43. The van der Waals surface area contributed by atoms with Crippen molar-refractivity contribution in [3.63, 3.8) is 0 Å². The van der Waals surface area contributed by atoms with Gasteiger partial charge in [0.05, 0.1) is 19.3 Å².